The van der Waals surface area contributed by atoms with Gasteiger partial charge in [0.25, 0.3) is 0 Å². The second kappa shape index (κ2) is 4.73. The lowest BCUT2D eigenvalue weighted by atomic mass is 9.76. The van der Waals surface area contributed by atoms with Crippen LogP contribution in [0.3, 0.4) is 0 Å². The van der Waals surface area contributed by atoms with E-state index in [1.54, 1.807) is 0 Å². The molecule has 0 heterocycles. The molecule has 1 aromatic carbocycles. The van der Waals surface area contributed by atoms with E-state index in [4.69, 9.17) is 0 Å². The van der Waals surface area contributed by atoms with Crippen molar-refractivity contribution in [3.05, 3.63) is 35.4 Å². The van der Waals surface area contributed by atoms with Crippen LogP contribution in [0.4, 0.5) is 8.78 Å². The molecule has 94 valence electrons. The first kappa shape index (κ1) is 12.5. The molecule has 2 rings (SSSR count). The van der Waals surface area contributed by atoms with Gasteiger partial charge in [0, 0.05) is 12.5 Å². The van der Waals surface area contributed by atoms with E-state index in [9.17, 15) is 13.9 Å². The SMILES string of the molecule is CC1CCC(O)(Cc2cc(F)cc(F)c2)CC1. The lowest BCUT2D eigenvalue weighted by molar-refractivity contribution is -0.00675. The number of rotatable bonds is 2. The van der Waals surface area contributed by atoms with Crippen LogP contribution in [0.25, 0.3) is 0 Å². The highest BCUT2D eigenvalue weighted by molar-refractivity contribution is 5.20. The molecule has 1 N–H and O–H groups in total. The molecular weight excluding hydrogens is 222 g/mol. The van der Waals surface area contributed by atoms with Gasteiger partial charge in [-0.2, -0.15) is 0 Å². The van der Waals surface area contributed by atoms with Crippen molar-refractivity contribution >= 4 is 0 Å². The first-order chi connectivity index (χ1) is 7.97. The molecule has 0 radical (unpaired) electrons. The number of hydrogen-bond acceptors (Lipinski definition) is 1. The summed E-state index contributed by atoms with van der Waals surface area (Å²) < 4.78 is 26.1. The highest BCUT2D eigenvalue weighted by Gasteiger charge is 2.32. The van der Waals surface area contributed by atoms with Gasteiger partial charge in [0.1, 0.15) is 11.6 Å². The van der Waals surface area contributed by atoms with Crippen LogP contribution in [-0.4, -0.2) is 10.7 Å². The molecule has 1 aliphatic rings. The minimum Gasteiger partial charge on any atom is -0.390 e. The van der Waals surface area contributed by atoms with E-state index in [0.29, 0.717) is 30.7 Å². The lowest BCUT2D eigenvalue weighted by Crippen LogP contribution is -2.35. The molecule has 0 spiro atoms. The standard InChI is InChI=1S/C14H18F2O/c1-10-2-4-14(17,5-3-10)9-11-6-12(15)8-13(16)7-11/h6-8,10,17H,2-5,9H2,1H3. The molecule has 3 heteroatoms. The Hall–Kier alpha value is -0.960. The van der Waals surface area contributed by atoms with Gasteiger partial charge >= 0.3 is 0 Å². The van der Waals surface area contributed by atoms with Crippen molar-refractivity contribution in [1.29, 1.82) is 0 Å². The van der Waals surface area contributed by atoms with Crippen LogP contribution < -0.4 is 0 Å². The molecule has 0 atom stereocenters. The zero-order valence-corrected chi connectivity index (χ0v) is 10.0. The van der Waals surface area contributed by atoms with Crippen molar-refractivity contribution < 1.29 is 13.9 Å². The maximum Gasteiger partial charge on any atom is 0.126 e. The number of aliphatic hydroxyl groups is 1. The molecule has 0 unspecified atom stereocenters. The second-order valence-electron chi connectivity index (χ2n) is 5.36. The summed E-state index contributed by atoms with van der Waals surface area (Å²) in [5, 5.41) is 10.4. The fourth-order valence-corrected chi connectivity index (χ4v) is 2.57. The first-order valence-electron chi connectivity index (χ1n) is 6.14. The molecule has 0 amide bonds. The van der Waals surface area contributed by atoms with Crippen molar-refractivity contribution in [1.82, 2.24) is 0 Å². The molecule has 0 bridgehead atoms. The Morgan fingerprint density at radius 2 is 1.71 bits per heavy atom. The largest absolute Gasteiger partial charge is 0.390 e. The van der Waals surface area contributed by atoms with Gasteiger partial charge in [-0.1, -0.05) is 6.92 Å². The summed E-state index contributed by atoms with van der Waals surface area (Å²) >= 11 is 0. The van der Waals surface area contributed by atoms with Crippen molar-refractivity contribution in [2.45, 2.75) is 44.6 Å². The van der Waals surface area contributed by atoms with E-state index in [2.05, 4.69) is 6.92 Å². The third-order valence-corrected chi connectivity index (χ3v) is 3.66. The molecule has 0 aliphatic heterocycles. The summed E-state index contributed by atoms with van der Waals surface area (Å²) in [6, 6.07) is 3.47. The summed E-state index contributed by atoms with van der Waals surface area (Å²) in [6.07, 6.45) is 3.73. The smallest absolute Gasteiger partial charge is 0.126 e. The minimum atomic E-state index is -0.785. The minimum absolute atomic E-state index is 0.342. The normalized spacial score (nSPS) is 29.3. The Morgan fingerprint density at radius 1 is 1.18 bits per heavy atom. The third-order valence-electron chi connectivity index (χ3n) is 3.66. The van der Waals surface area contributed by atoms with Gasteiger partial charge in [0.15, 0.2) is 0 Å². The highest BCUT2D eigenvalue weighted by atomic mass is 19.1. The summed E-state index contributed by atoms with van der Waals surface area (Å²) in [6.45, 7) is 2.17. The average molecular weight is 240 g/mol. The molecule has 1 saturated carbocycles. The van der Waals surface area contributed by atoms with E-state index >= 15 is 0 Å². The first-order valence-corrected chi connectivity index (χ1v) is 6.14. The predicted octanol–water partition coefficient (Wildman–Crippen LogP) is 3.45. The summed E-state index contributed by atoms with van der Waals surface area (Å²) in [5.41, 5.74) is -0.244. The van der Waals surface area contributed by atoms with Crippen molar-refractivity contribution in [3.63, 3.8) is 0 Å². The third kappa shape index (κ3) is 3.25. The van der Waals surface area contributed by atoms with Crippen molar-refractivity contribution in [2.24, 2.45) is 5.92 Å². The zero-order valence-electron chi connectivity index (χ0n) is 10.0. The molecule has 1 nitrogen and oxygen atoms in total. The Morgan fingerprint density at radius 3 is 2.24 bits per heavy atom. The van der Waals surface area contributed by atoms with E-state index < -0.39 is 17.2 Å². The van der Waals surface area contributed by atoms with E-state index in [1.807, 2.05) is 0 Å². The highest BCUT2D eigenvalue weighted by Crippen LogP contribution is 2.34. The Labute approximate surface area is 100 Å². The quantitative estimate of drug-likeness (QED) is 0.839. The van der Waals surface area contributed by atoms with Gasteiger partial charge in [-0.25, -0.2) is 8.78 Å². The summed E-state index contributed by atoms with van der Waals surface area (Å²) in [5.74, 6) is -0.514. The molecule has 0 saturated heterocycles. The number of benzene rings is 1. The van der Waals surface area contributed by atoms with Crippen LogP contribution in [0.1, 0.15) is 38.2 Å². The van der Waals surface area contributed by atoms with Gasteiger partial charge in [0.2, 0.25) is 0 Å². The van der Waals surface area contributed by atoms with Gasteiger partial charge < -0.3 is 5.11 Å². The number of hydrogen-bond donors (Lipinski definition) is 1. The molecule has 0 aromatic heterocycles. The average Bonchev–Trinajstić information content (AvgIpc) is 2.21. The van der Waals surface area contributed by atoms with Gasteiger partial charge in [-0.05, 0) is 49.3 Å². The predicted molar refractivity (Wildman–Crippen MR) is 62.6 cm³/mol. The van der Waals surface area contributed by atoms with E-state index in [1.165, 1.54) is 12.1 Å². The number of halogens is 2. The Kier molecular flexibility index (Phi) is 3.48. The van der Waals surface area contributed by atoms with E-state index in [-0.39, 0.29) is 0 Å². The molecule has 1 fully saturated rings. The Balaban J connectivity index is 2.09. The van der Waals surface area contributed by atoms with Crippen LogP contribution in [0.2, 0.25) is 0 Å². The molecular formula is C14H18F2O. The van der Waals surface area contributed by atoms with Gasteiger partial charge in [-0.15, -0.1) is 0 Å². The zero-order chi connectivity index (χ0) is 12.5. The fourth-order valence-electron chi connectivity index (χ4n) is 2.57. The second-order valence-corrected chi connectivity index (χ2v) is 5.36. The van der Waals surface area contributed by atoms with Crippen molar-refractivity contribution in [2.75, 3.05) is 0 Å². The summed E-state index contributed by atoms with van der Waals surface area (Å²) in [7, 11) is 0. The maximum atomic E-state index is 13.0. The van der Waals surface area contributed by atoms with Crippen LogP contribution in [0, 0.1) is 17.6 Å². The van der Waals surface area contributed by atoms with Crippen LogP contribution in [0.15, 0.2) is 18.2 Å². The molecule has 17 heavy (non-hydrogen) atoms. The molecule has 1 aliphatic carbocycles. The van der Waals surface area contributed by atoms with Crippen molar-refractivity contribution in [3.8, 4) is 0 Å². The maximum absolute atomic E-state index is 13.0. The summed E-state index contributed by atoms with van der Waals surface area (Å²) in [4.78, 5) is 0. The monoisotopic (exact) mass is 240 g/mol. The van der Waals surface area contributed by atoms with Crippen LogP contribution in [0.5, 0.6) is 0 Å². The fraction of sp³-hybridized carbons (Fsp3) is 0.571. The lowest BCUT2D eigenvalue weighted by Gasteiger charge is -2.35. The Bertz CT molecular complexity index is 375. The van der Waals surface area contributed by atoms with Crippen LogP contribution >= 0.6 is 0 Å². The van der Waals surface area contributed by atoms with Gasteiger partial charge in [0.05, 0.1) is 5.60 Å². The topological polar surface area (TPSA) is 20.2 Å². The molecule has 1 aromatic rings. The van der Waals surface area contributed by atoms with Crippen LogP contribution in [-0.2, 0) is 6.42 Å². The van der Waals surface area contributed by atoms with E-state index in [0.717, 1.165) is 18.9 Å². The van der Waals surface area contributed by atoms with Gasteiger partial charge in [-0.3, -0.25) is 0 Å².